The summed E-state index contributed by atoms with van der Waals surface area (Å²) < 4.78 is 7.74. The predicted molar refractivity (Wildman–Crippen MR) is 125 cm³/mol. The third-order valence-electron chi connectivity index (χ3n) is 5.38. The number of nitrogens with one attached hydrogen (secondary N) is 2. The Balaban J connectivity index is 1.47. The van der Waals surface area contributed by atoms with E-state index in [0.29, 0.717) is 35.3 Å². The van der Waals surface area contributed by atoms with Crippen LogP contribution < -0.4 is 15.4 Å². The average Bonchev–Trinajstić information content (AvgIpc) is 3.31. The lowest BCUT2D eigenvalue weighted by molar-refractivity contribution is -0.113. The van der Waals surface area contributed by atoms with Gasteiger partial charge in [-0.25, -0.2) is 4.68 Å². The predicted octanol–water partition coefficient (Wildman–Crippen LogP) is 4.18. The lowest BCUT2D eigenvalue weighted by Gasteiger charge is -2.29. The van der Waals surface area contributed by atoms with Crippen molar-refractivity contribution < 1.29 is 9.53 Å². The molecule has 1 aliphatic heterocycles. The van der Waals surface area contributed by atoms with Crippen LogP contribution in [0.4, 0.5) is 11.6 Å². The molecule has 2 aromatic heterocycles. The van der Waals surface area contributed by atoms with Gasteiger partial charge in [-0.15, -0.1) is 0 Å². The highest BCUT2D eigenvalue weighted by Gasteiger charge is 2.33. The first-order chi connectivity index (χ1) is 16.2. The van der Waals surface area contributed by atoms with Crippen LogP contribution in [0, 0.1) is 0 Å². The van der Waals surface area contributed by atoms with Crippen molar-refractivity contribution in [3.05, 3.63) is 108 Å². The summed E-state index contributed by atoms with van der Waals surface area (Å²) in [5.41, 5.74) is 3.81. The zero-order valence-corrected chi connectivity index (χ0v) is 18.0. The fraction of sp³-hybridized carbons (Fsp3) is 0.120. The van der Waals surface area contributed by atoms with Crippen LogP contribution >= 0.6 is 0 Å². The van der Waals surface area contributed by atoms with Gasteiger partial charge in [0.1, 0.15) is 24.7 Å². The number of ether oxygens (including phenoxy) is 1. The molecule has 0 fully saturated rings. The number of rotatable bonds is 6. The van der Waals surface area contributed by atoms with Gasteiger partial charge < -0.3 is 15.4 Å². The highest BCUT2D eigenvalue weighted by atomic mass is 16.5. The fourth-order valence-corrected chi connectivity index (χ4v) is 3.84. The van der Waals surface area contributed by atoms with E-state index in [9.17, 15) is 4.79 Å². The summed E-state index contributed by atoms with van der Waals surface area (Å²) >= 11 is 0. The van der Waals surface area contributed by atoms with Crippen LogP contribution in [0.1, 0.15) is 24.1 Å². The molecule has 5 rings (SSSR count). The Morgan fingerprint density at radius 3 is 2.82 bits per heavy atom. The molecule has 1 aliphatic rings. The maximum Gasteiger partial charge on any atom is 0.255 e. The van der Waals surface area contributed by atoms with Crippen molar-refractivity contribution in [1.82, 2.24) is 19.7 Å². The minimum absolute atomic E-state index is 0.241. The number of nitrogens with zero attached hydrogens (tertiary/aromatic N) is 4. The molecule has 33 heavy (non-hydrogen) atoms. The zero-order chi connectivity index (χ0) is 22.6. The van der Waals surface area contributed by atoms with E-state index >= 15 is 0 Å². The smallest absolute Gasteiger partial charge is 0.255 e. The summed E-state index contributed by atoms with van der Waals surface area (Å²) in [6.45, 7) is 2.31. The van der Waals surface area contributed by atoms with Crippen LogP contribution in [0.3, 0.4) is 0 Å². The number of hydrogen-bond donors (Lipinski definition) is 2. The van der Waals surface area contributed by atoms with Crippen LogP contribution in [0.15, 0.2) is 96.7 Å². The van der Waals surface area contributed by atoms with Gasteiger partial charge in [0, 0.05) is 11.9 Å². The normalized spacial score (nSPS) is 14.9. The lowest BCUT2D eigenvalue weighted by atomic mass is 9.95. The minimum Gasteiger partial charge on any atom is -0.489 e. The maximum atomic E-state index is 13.4. The standard InChI is InChI=1S/C25H22N6O2/c1-17-22(24(32)30-20-10-6-12-26-14-20)23(31-25(29-17)27-16-28-31)19-9-5-11-21(13-19)33-15-18-7-3-2-4-8-18/h2-14,16,23H,15H2,1H3,(H,30,32)(H,27,28,29)/t23-/m0/s1. The van der Waals surface area contributed by atoms with Gasteiger partial charge >= 0.3 is 0 Å². The van der Waals surface area contributed by atoms with Gasteiger partial charge in [0.05, 0.1) is 17.5 Å². The van der Waals surface area contributed by atoms with Crippen LogP contribution in [0.2, 0.25) is 0 Å². The Hall–Kier alpha value is -4.46. The molecule has 0 spiro atoms. The van der Waals surface area contributed by atoms with Crippen molar-refractivity contribution in [2.24, 2.45) is 0 Å². The van der Waals surface area contributed by atoms with E-state index in [-0.39, 0.29) is 5.91 Å². The first-order valence-corrected chi connectivity index (χ1v) is 10.5. The number of hydrogen-bond acceptors (Lipinski definition) is 6. The molecule has 0 unspecified atom stereocenters. The minimum atomic E-state index is -0.472. The topological polar surface area (TPSA) is 94.0 Å². The third kappa shape index (κ3) is 4.31. The monoisotopic (exact) mass is 438 g/mol. The Labute approximate surface area is 191 Å². The van der Waals surface area contributed by atoms with Crippen molar-refractivity contribution in [3.63, 3.8) is 0 Å². The van der Waals surface area contributed by atoms with E-state index in [0.717, 1.165) is 11.1 Å². The number of fused-ring (bicyclic) bond motifs is 1. The first-order valence-electron chi connectivity index (χ1n) is 10.5. The largest absolute Gasteiger partial charge is 0.489 e. The Morgan fingerprint density at radius 2 is 2.00 bits per heavy atom. The van der Waals surface area contributed by atoms with E-state index in [1.165, 1.54) is 6.33 Å². The molecule has 1 amide bonds. The summed E-state index contributed by atoms with van der Waals surface area (Å²) in [5.74, 6) is 1.04. The zero-order valence-electron chi connectivity index (χ0n) is 18.0. The molecule has 0 saturated carbocycles. The Kier molecular flexibility index (Phi) is 5.55. The summed E-state index contributed by atoms with van der Waals surface area (Å²) in [6, 6.07) is 20.8. The van der Waals surface area contributed by atoms with Crippen molar-refractivity contribution in [3.8, 4) is 5.75 Å². The van der Waals surface area contributed by atoms with Gasteiger partial charge in [-0.1, -0.05) is 42.5 Å². The van der Waals surface area contributed by atoms with E-state index in [2.05, 4.69) is 25.7 Å². The number of allylic oxidation sites excluding steroid dienone is 1. The number of carbonyl (C=O) groups is 1. The van der Waals surface area contributed by atoms with Gasteiger partial charge in [0.2, 0.25) is 5.95 Å². The molecule has 4 aromatic rings. The molecular formula is C25H22N6O2. The molecule has 1 atom stereocenters. The molecule has 164 valence electrons. The van der Waals surface area contributed by atoms with Gasteiger partial charge in [0.25, 0.3) is 5.91 Å². The SMILES string of the molecule is CC1=C(C(=O)Nc2cccnc2)[C@H](c2cccc(OCc3ccccc3)c2)n2ncnc2N1. The Morgan fingerprint density at radius 1 is 1.12 bits per heavy atom. The van der Waals surface area contributed by atoms with E-state index < -0.39 is 6.04 Å². The second kappa shape index (κ2) is 8.96. The van der Waals surface area contributed by atoms with E-state index in [1.807, 2.05) is 61.5 Å². The highest BCUT2D eigenvalue weighted by Crippen LogP contribution is 2.36. The maximum absolute atomic E-state index is 13.4. The number of benzene rings is 2. The van der Waals surface area contributed by atoms with Crippen LogP contribution in [-0.4, -0.2) is 25.7 Å². The molecule has 0 aliphatic carbocycles. The van der Waals surface area contributed by atoms with Crippen LogP contribution in [0.5, 0.6) is 5.75 Å². The number of anilines is 2. The molecule has 8 heteroatoms. The van der Waals surface area contributed by atoms with Crippen molar-refractivity contribution >= 4 is 17.5 Å². The number of carbonyl (C=O) groups excluding carboxylic acids is 1. The summed E-state index contributed by atoms with van der Waals surface area (Å²) in [4.78, 5) is 21.7. The number of amides is 1. The van der Waals surface area contributed by atoms with E-state index in [4.69, 9.17) is 4.74 Å². The third-order valence-corrected chi connectivity index (χ3v) is 5.38. The summed E-state index contributed by atoms with van der Waals surface area (Å²) in [7, 11) is 0. The first kappa shape index (κ1) is 20.4. The summed E-state index contributed by atoms with van der Waals surface area (Å²) in [6.07, 6.45) is 4.74. The molecule has 2 aromatic carbocycles. The van der Waals surface area contributed by atoms with Crippen molar-refractivity contribution in [1.29, 1.82) is 0 Å². The van der Waals surface area contributed by atoms with Crippen LogP contribution in [0.25, 0.3) is 0 Å². The van der Waals surface area contributed by atoms with Gasteiger partial charge in [-0.2, -0.15) is 10.1 Å². The quantitative estimate of drug-likeness (QED) is 0.469. The molecule has 3 heterocycles. The lowest BCUT2D eigenvalue weighted by Crippen LogP contribution is -2.31. The van der Waals surface area contributed by atoms with Gasteiger partial charge in [0.15, 0.2) is 0 Å². The van der Waals surface area contributed by atoms with Gasteiger partial charge in [-0.3, -0.25) is 9.78 Å². The van der Waals surface area contributed by atoms with Crippen LogP contribution in [-0.2, 0) is 11.4 Å². The van der Waals surface area contributed by atoms with E-state index in [1.54, 1.807) is 29.2 Å². The molecule has 2 N–H and O–H groups in total. The summed E-state index contributed by atoms with van der Waals surface area (Å²) in [5, 5.41) is 10.5. The van der Waals surface area contributed by atoms with Crippen molar-refractivity contribution in [2.75, 3.05) is 10.6 Å². The second-order valence-electron chi connectivity index (χ2n) is 7.64. The molecule has 0 saturated heterocycles. The van der Waals surface area contributed by atoms with Crippen molar-refractivity contribution in [2.45, 2.75) is 19.6 Å². The van der Waals surface area contributed by atoms with Gasteiger partial charge in [-0.05, 0) is 42.3 Å². The molecule has 0 radical (unpaired) electrons. The number of aromatic nitrogens is 4. The molecule has 8 nitrogen and oxygen atoms in total. The Bertz CT molecular complexity index is 1300. The molecule has 0 bridgehead atoms. The second-order valence-corrected chi connectivity index (χ2v) is 7.64. The molecular weight excluding hydrogens is 416 g/mol. The highest BCUT2D eigenvalue weighted by molar-refractivity contribution is 6.05. The average molecular weight is 438 g/mol. The fourth-order valence-electron chi connectivity index (χ4n) is 3.84. The number of pyridine rings is 1.